The van der Waals surface area contributed by atoms with Gasteiger partial charge in [-0.25, -0.2) is 4.79 Å². The molecule has 0 saturated heterocycles. The van der Waals surface area contributed by atoms with E-state index in [2.05, 4.69) is 30.8 Å². The zero-order valence-corrected chi connectivity index (χ0v) is 20.5. The number of amides is 1. The van der Waals surface area contributed by atoms with E-state index >= 15 is 0 Å². The molecule has 1 N–H and O–H groups in total. The minimum absolute atomic E-state index is 0.0731. The topological polar surface area (TPSA) is 90.9 Å². The maximum Gasteiger partial charge on any atom is 0.406 e. The van der Waals surface area contributed by atoms with Crippen molar-refractivity contribution in [2.24, 2.45) is 16.7 Å². The lowest BCUT2D eigenvalue weighted by Crippen LogP contribution is -2.44. The third-order valence-corrected chi connectivity index (χ3v) is 6.10. The highest BCUT2D eigenvalue weighted by Crippen LogP contribution is 2.49. The summed E-state index contributed by atoms with van der Waals surface area (Å²) in [5, 5.41) is 2.81. The molecule has 0 heterocycles. The van der Waals surface area contributed by atoms with Crippen LogP contribution in [0.1, 0.15) is 64.9 Å². The molecular weight excluding hydrogens is 422 g/mol. The van der Waals surface area contributed by atoms with E-state index in [-0.39, 0.29) is 41.9 Å². The van der Waals surface area contributed by atoms with Crippen molar-refractivity contribution in [3.05, 3.63) is 35.9 Å². The molecule has 33 heavy (non-hydrogen) atoms. The first-order valence-electron chi connectivity index (χ1n) is 11.8. The number of aryl methyl sites for hydroxylation is 1. The molecule has 1 fully saturated rings. The van der Waals surface area contributed by atoms with Gasteiger partial charge in [0.15, 0.2) is 0 Å². The molecule has 0 radical (unpaired) electrons. The number of carbonyl (C=O) groups excluding carboxylic acids is 3. The summed E-state index contributed by atoms with van der Waals surface area (Å²) in [6, 6.07) is 9.81. The van der Waals surface area contributed by atoms with Gasteiger partial charge in [-0.3, -0.25) is 9.59 Å². The van der Waals surface area contributed by atoms with Gasteiger partial charge < -0.3 is 19.5 Å². The fourth-order valence-corrected chi connectivity index (χ4v) is 5.18. The van der Waals surface area contributed by atoms with Gasteiger partial charge in [-0.05, 0) is 48.0 Å². The second-order valence-electron chi connectivity index (χ2n) is 10.3. The molecule has 1 amide bonds. The lowest BCUT2D eigenvalue weighted by Gasteiger charge is -2.46. The number of rotatable bonds is 11. The number of carbonyl (C=O) groups is 3. The molecule has 0 bridgehead atoms. The summed E-state index contributed by atoms with van der Waals surface area (Å²) >= 11 is 0. The van der Waals surface area contributed by atoms with Crippen LogP contribution in [0.3, 0.4) is 0 Å². The van der Waals surface area contributed by atoms with E-state index in [0.717, 1.165) is 24.8 Å². The van der Waals surface area contributed by atoms with Crippen LogP contribution in [0.25, 0.3) is 0 Å². The van der Waals surface area contributed by atoms with Gasteiger partial charge in [0.2, 0.25) is 0 Å². The van der Waals surface area contributed by atoms with Crippen LogP contribution in [0, 0.1) is 16.7 Å². The van der Waals surface area contributed by atoms with Crippen molar-refractivity contribution < 1.29 is 28.6 Å². The van der Waals surface area contributed by atoms with Gasteiger partial charge in [0.1, 0.15) is 0 Å². The van der Waals surface area contributed by atoms with Gasteiger partial charge >= 0.3 is 18.0 Å². The molecule has 184 valence electrons. The van der Waals surface area contributed by atoms with Gasteiger partial charge in [-0.1, -0.05) is 51.1 Å². The Bertz CT molecular complexity index is 778. The van der Waals surface area contributed by atoms with Crippen LogP contribution in [-0.4, -0.2) is 44.9 Å². The lowest BCUT2D eigenvalue weighted by molar-refractivity contribution is -0.147. The average molecular weight is 462 g/mol. The van der Waals surface area contributed by atoms with Gasteiger partial charge in [-0.2, -0.15) is 0 Å². The molecule has 0 aromatic heterocycles. The fourth-order valence-electron chi connectivity index (χ4n) is 5.18. The number of alkyl carbamates (subject to hydrolysis) is 1. The van der Waals surface area contributed by atoms with Crippen LogP contribution in [0.15, 0.2) is 30.3 Å². The van der Waals surface area contributed by atoms with Crippen LogP contribution < -0.4 is 5.32 Å². The SMILES string of the molecule is COC(=O)NCC1(C)CC(CC(=O)OCCCOC(=O)CCc2ccccc2)CC(C)(C)C1. The Morgan fingerprint density at radius 2 is 1.67 bits per heavy atom. The normalized spacial score (nSPS) is 21.6. The number of benzene rings is 1. The summed E-state index contributed by atoms with van der Waals surface area (Å²) in [6.45, 7) is 7.55. The molecule has 1 aliphatic carbocycles. The van der Waals surface area contributed by atoms with Crippen LogP contribution in [-0.2, 0) is 30.2 Å². The summed E-state index contributed by atoms with van der Waals surface area (Å²) in [6.07, 6.45) is 4.14. The second kappa shape index (κ2) is 12.6. The standard InChI is InChI=1S/C26H39NO6/c1-25(2)16-21(17-26(3,18-25)19-27-24(30)31-4)15-23(29)33-14-8-13-32-22(28)12-11-20-9-6-5-7-10-20/h5-7,9-10,21H,8,11-19H2,1-4H3,(H,27,30). The molecule has 1 saturated carbocycles. The fraction of sp³-hybridized carbons (Fsp3) is 0.654. The zero-order chi connectivity index (χ0) is 24.3. The first-order valence-corrected chi connectivity index (χ1v) is 11.8. The van der Waals surface area contributed by atoms with Crippen molar-refractivity contribution in [2.45, 2.75) is 65.7 Å². The van der Waals surface area contributed by atoms with Crippen LogP contribution in [0.5, 0.6) is 0 Å². The molecule has 0 spiro atoms. The first kappa shape index (κ1) is 26.7. The summed E-state index contributed by atoms with van der Waals surface area (Å²) in [5.74, 6) is -0.271. The van der Waals surface area contributed by atoms with Crippen molar-refractivity contribution in [1.29, 1.82) is 0 Å². The van der Waals surface area contributed by atoms with Crippen molar-refractivity contribution in [3.63, 3.8) is 0 Å². The molecule has 0 aliphatic heterocycles. The van der Waals surface area contributed by atoms with E-state index in [0.29, 0.717) is 32.2 Å². The van der Waals surface area contributed by atoms with Crippen molar-refractivity contribution in [2.75, 3.05) is 26.9 Å². The predicted molar refractivity (Wildman–Crippen MR) is 126 cm³/mol. The molecule has 7 heteroatoms. The van der Waals surface area contributed by atoms with E-state index in [1.807, 2.05) is 30.3 Å². The van der Waals surface area contributed by atoms with Crippen LogP contribution in [0.4, 0.5) is 4.79 Å². The molecule has 1 aromatic carbocycles. The summed E-state index contributed by atoms with van der Waals surface area (Å²) in [7, 11) is 1.35. The minimum Gasteiger partial charge on any atom is -0.466 e. The molecule has 2 rings (SSSR count). The van der Waals surface area contributed by atoms with Gasteiger partial charge in [0, 0.05) is 25.8 Å². The van der Waals surface area contributed by atoms with Gasteiger partial charge in [0.25, 0.3) is 0 Å². The summed E-state index contributed by atoms with van der Waals surface area (Å²) < 4.78 is 15.3. The Labute approximate surface area is 197 Å². The zero-order valence-electron chi connectivity index (χ0n) is 20.5. The van der Waals surface area contributed by atoms with E-state index in [1.165, 1.54) is 7.11 Å². The number of nitrogens with one attached hydrogen (secondary N) is 1. The molecule has 2 unspecified atom stereocenters. The predicted octanol–water partition coefficient (Wildman–Crippen LogP) is 4.67. The van der Waals surface area contributed by atoms with Crippen molar-refractivity contribution in [3.8, 4) is 0 Å². The molecule has 1 aromatic rings. The summed E-state index contributed by atoms with van der Waals surface area (Å²) in [5.41, 5.74) is 1.07. The number of esters is 2. The third-order valence-electron chi connectivity index (χ3n) is 6.10. The van der Waals surface area contributed by atoms with Gasteiger partial charge in [0.05, 0.1) is 20.3 Å². The molecular formula is C26H39NO6. The lowest BCUT2D eigenvalue weighted by atomic mass is 9.60. The highest BCUT2D eigenvalue weighted by molar-refractivity contribution is 5.70. The Morgan fingerprint density at radius 1 is 1.00 bits per heavy atom. The van der Waals surface area contributed by atoms with Crippen molar-refractivity contribution >= 4 is 18.0 Å². The molecule has 2 atom stereocenters. The Kier molecular flexibility index (Phi) is 10.2. The number of hydrogen-bond acceptors (Lipinski definition) is 6. The maximum absolute atomic E-state index is 12.4. The number of methoxy groups -OCH3 is 1. The number of ether oxygens (including phenoxy) is 3. The van der Waals surface area contributed by atoms with Crippen LogP contribution in [0.2, 0.25) is 0 Å². The van der Waals surface area contributed by atoms with E-state index in [4.69, 9.17) is 9.47 Å². The Balaban J connectivity index is 1.65. The smallest absolute Gasteiger partial charge is 0.406 e. The van der Waals surface area contributed by atoms with E-state index in [1.54, 1.807) is 0 Å². The third kappa shape index (κ3) is 10.3. The first-order chi connectivity index (χ1) is 15.6. The van der Waals surface area contributed by atoms with Gasteiger partial charge in [-0.15, -0.1) is 0 Å². The average Bonchev–Trinajstić information content (AvgIpc) is 2.75. The number of hydrogen-bond donors (Lipinski definition) is 1. The Morgan fingerprint density at radius 3 is 2.33 bits per heavy atom. The maximum atomic E-state index is 12.4. The largest absolute Gasteiger partial charge is 0.466 e. The summed E-state index contributed by atoms with van der Waals surface area (Å²) in [4.78, 5) is 35.7. The molecule has 7 nitrogen and oxygen atoms in total. The van der Waals surface area contributed by atoms with Crippen LogP contribution >= 0.6 is 0 Å². The minimum atomic E-state index is -0.434. The van der Waals surface area contributed by atoms with E-state index in [9.17, 15) is 14.4 Å². The van der Waals surface area contributed by atoms with Crippen molar-refractivity contribution in [1.82, 2.24) is 5.32 Å². The molecule has 1 aliphatic rings. The highest BCUT2D eigenvalue weighted by atomic mass is 16.5. The quantitative estimate of drug-likeness (QED) is 0.292. The second-order valence-corrected chi connectivity index (χ2v) is 10.3. The van der Waals surface area contributed by atoms with E-state index < -0.39 is 6.09 Å². The monoisotopic (exact) mass is 461 g/mol. The highest BCUT2D eigenvalue weighted by Gasteiger charge is 2.42. The Hall–Kier alpha value is -2.57.